The van der Waals surface area contributed by atoms with Gasteiger partial charge in [0.2, 0.25) is 0 Å². The molecule has 0 aliphatic rings. The summed E-state index contributed by atoms with van der Waals surface area (Å²) in [6.45, 7) is 0.927. The number of carboxylic acid groups (broad SMARTS) is 1. The molecule has 0 saturated carbocycles. The number of aliphatic carboxylic acids is 1. The van der Waals surface area contributed by atoms with Crippen LogP contribution in [0.4, 0.5) is 14.9 Å². The van der Waals surface area contributed by atoms with Crippen LogP contribution in [0.5, 0.6) is 0 Å². The standard InChI is InChI=1S/C13H13FN2O3/c1-3-6-16(8-12(17)18)13(19)15-10-4-5-11(14)9(2)7-10/h1,4-5,7H,6,8H2,2H3,(H,15,19)(H,17,18). The van der Waals surface area contributed by atoms with Crippen molar-refractivity contribution in [2.45, 2.75) is 6.92 Å². The van der Waals surface area contributed by atoms with Gasteiger partial charge in [-0.1, -0.05) is 5.92 Å². The Kier molecular flexibility index (Phi) is 4.89. The van der Waals surface area contributed by atoms with Gasteiger partial charge in [-0.15, -0.1) is 6.42 Å². The fourth-order valence-corrected chi connectivity index (χ4v) is 1.40. The molecule has 0 spiro atoms. The van der Waals surface area contributed by atoms with Crippen LogP contribution in [0, 0.1) is 25.1 Å². The Morgan fingerprint density at radius 3 is 2.74 bits per heavy atom. The molecule has 0 radical (unpaired) electrons. The second-order valence-electron chi connectivity index (χ2n) is 3.85. The molecule has 100 valence electrons. The van der Waals surface area contributed by atoms with Crippen LogP contribution in [0.15, 0.2) is 18.2 Å². The molecule has 0 saturated heterocycles. The number of rotatable bonds is 4. The highest BCUT2D eigenvalue weighted by atomic mass is 19.1. The van der Waals surface area contributed by atoms with Gasteiger partial charge in [-0.2, -0.15) is 0 Å². The first-order valence-electron chi connectivity index (χ1n) is 5.41. The number of nitrogens with one attached hydrogen (secondary N) is 1. The molecule has 2 N–H and O–H groups in total. The molecular weight excluding hydrogens is 251 g/mol. The third kappa shape index (κ3) is 4.32. The van der Waals surface area contributed by atoms with E-state index in [1.807, 2.05) is 0 Å². The number of anilines is 1. The van der Waals surface area contributed by atoms with E-state index >= 15 is 0 Å². The van der Waals surface area contributed by atoms with E-state index in [0.717, 1.165) is 4.90 Å². The van der Waals surface area contributed by atoms with Crippen molar-refractivity contribution in [2.24, 2.45) is 0 Å². The number of carbonyl (C=O) groups excluding carboxylic acids is 1. The summed E-state index contributed by atoms with van der Waals surface area (Å²) in [5.41, 5.74) is 0.746. The van der Waals surface area contributed by atoms with E-state index in [0.29, 0.717) is 11.3 Å². The Bertz CT molecular complexity index is 537. The lowest BCUT2D eigenvalue weighted by Gasteiger charge is -2.18. The van der Waals surface area contributed by atoms with Crippen LogP contribution >= 0.6 is 0 Å². The number of halogens is 1. The quantitative estimate of drug-likeness (QED) is 0.813. The minimum absolute atomic E-state index is 0.127. The molecule has 1 aromatic rings. The topological polar surface area (TPSA) is 69.6 Å². The summed E-state index contributed by atoms with van der Waals surface area (Å²) >= 11 is 0. The van der Waals surface area contributed by atoms with E-state index in [9.17, 15) is 14.0 Å². The summed E-state index contributed by atoms with van der Waals surface area (Å²) in [4.78, 5) is 23.4. The van der Waals surface area contributed by atoms with Crippen LogP contribution in [0.25, 0.3) is 0 Å². The second kappa shape index (κ2) is 6.40. The third-order valence-corrected chi connectivity index (χ3v) is 2.30. The molecule has 0 aliphatic heterocycles. The minimum atomic E-state index is -1.17. The van der Waals surface area contributed by atoms with Crippen molar-refractivity contribution < 1.29 is 19.1 Å². The molecule has 1 rings (SSSR count). The molecule has 1 aromatic carbocycles. The Labute approximate surface area is 110 Å². The predicted molar refractivity (Wildman–Crippen MR) is 68.2 cm³/mol. The van der Waals surface area contributed by atoms with Crippen LogP contribution in [0.2, 0.25) is 0 Å². The van der Waals surface area contributed by atoms with Crippen LogP contribution in [-0.2, 0) is 4.79 Å². The highest BCUT2D eigenvalue weighted by Gasteiger charge is 2.16. The summed E-state index contributed by atoms with van der Waals surface area (Å²) in [6, 6.07) is 3.40. The van der Waals surface area contributed by atoms with Crippen molar-refractivity contribution in [1.29, 1.82) is 0 Å². The van der Waals surface area contributed by atoms with Gasteiger partial charge in [0.1, 0.15) is 12.4 Å². The molecule has 0 aliphatic carbocycles. The zero-order chi connectivity index (χ0) is 14.4. The number of benzene rings is 1. The van der Waals surface area contributed by atoms with E-state index in [1.165, 1.54) is 18.2 Å². The third-order valence-electron chi connectivity index (χ3n) is 2.30. The summed E-state index contributed by atoms with van der Waals surface area (Å²) in [5.74, 6) is 0.651. The van der Waals surface area contributed by atoms with Crippen LogP contribution in [0.3, 0.4) is 0 Å². The molecule has 0 bridgehead atoms. The van der Waals surface area contributed by atoms with Crippen molar-refractivity contribution in [3.63, 3.8) is 0 Å². The van der Waals surface area contributed by atoms with Crippen LogP contribution < -0.4 is 5.32 Å². The number of carboxylic acids is 1. The van der Waals surface area contributed by atoms with Gasteiger partial charge >= 0.3 is 12.0 Å². The zero-order valence-corrected chi connectivity index (χ0v) is 10.3. The van der Waals surface area contributed by atoms with Gasteiger partial charge in [0, 0.05) is 5.69 Å². The molecule has 6 heteroatoms. The Morgan fingerprint density at radius 2 is 2.21 bits per heavy atom. The molecular formula is C13H13FN2O3. The van der Waals surface area contributed by atoms with Gasteiger partial charge in [-0.25, -0.2) is 9.18 Å². The summed E-state index contributed by atoms with van der Waals surface area (Å²) in [5, 5.41) is 11.1. The number of amides is 2. The number of hydrogen-bond acceptors (Lipinski definition) is 2. The van der Waals surface area contributed by atoms with Gasteiger partial charge in [-0.3, -0.25) is 4.79 Å². The molecule has 0 fully saturated rings. The van der Waals surface area contributed by atoms with Gasteiger partial charge in [0.25, 0.3) is 0 Å². The van der Waals surface area contributed by atoms with Crippen molar-refractivity contribution in [2.75, 3.05) is 18.4 Å². The van der Waals surface area contributed by atoms with E-state index in [1.54, 1.807) is 6.92 Å². The fourth-order valence-electron chi connectivity index (χ4n) is 1.40. The lowest BCUT2D eigenvalue weighted by atomic mass is 10.2. The fraction of sp³-hybridized carbons (Fsp3) is 0.231. The van der Waals surface area contributed by atoms with Crippen LogP contribution in [0.1, 0.15) is 5.56 Å². The molecule has 19 heavy (non-hydrogen) atoms. The molecule has 5 nitrogen and oxygen atoms in total. The first-order chi connectivity index (χ1) is 8.93. The monoisotopic (exact) mass is 264 g/mol. The average Bonchev–Trinajstić information content (AvgIpc) is 2.33. The first-order valence-corrected chi connectivity index (χ1v) is 5.41. The van der Waals surface area contributed by atoms with Gasteiger partial charge in [0.15, 0.2) is 0 Å². The number of terminal acetylenes is 1. The second-order valence-corrected chi connectivity index (χ2v) is 3.85. The normalized spacial score (nSPS) is 9.53. The molecule has 0 atom stereocenters. The van der Waals surface area contributed by atoms with Crippen molar-refractivity contribution >= 4 is 17.7 Å². The Morgan fingerprint density at radius 1 is 1.53 bits per heavy atom. The number of nitrogens with zero attached hydrogens (tertiary/aromatic N) is 1. The number of hydrogen-bond donors (Lipinski definition) is 2. The summed E-state index contributed by atoms with van der Waals surface area (Å²) in [7, 11) is 0. The SMILES string of the molecule is C#CCN(CC(=O)O)C(=O)Nc1ccc(F)c(C)c1. The number of urea groups is 1. The van der Waals surface area contributed by atoms with Crippen molar-refractivity contribution in [1.82, 2.24) is 4.90 Å². The van der Waals surface area contributed by atoms with E-state index in [-0.39, 0.29) is 12.4 Å². The maximum Gasteiger partial charge on any atom is 0.323 e. The lowest BCUT2D eigenvalue weighted by molar-refractivity contribution is -0.137. The van der Waals surface area contributed by atoms with Crippen LogP contribution in [-0.4, -0.2) is 35.1 Å². The summed E-state index contributed by atoms with van der Waals surface area (Å²) < 4.78 is 13.1. The number of carbonyl (C=O) groups is 2. The average molecular weight is 264 g/mol. The highest BCUT2D eigenvalue weighted by molar-refractivity contribution is 5.91. The Balaban J connectivity index is 2.78. The first kappa shape index (κ1) is 14.5. The van der Waals surface area contributed by atoms with Gasteiger partial charge < -0.3 is 15.3 Å². The van der Waals surface area contributed by atoms with Crippen molar-refractivity contribution in [3.8, 4) is 12.3 Å². The van der Waals surface area contributed by atoms with Crippen molar-refractivity contribution in [3.05, 3.63) is 29.6 Å². The maximum absolute atomic E-state index is 13.1. The number of aryl methyl sites for hydroxylation is 1. The van der Waals surface area contributed by atoms with E-state index in [4.69, 9.17) is 11.5 Å². The molecule has 0 heterocycles. The lowest BCUT2D eigenvalue weighted by Crippen LogP contribution is -2.39. The molecule has 0 aromatic heterocycles. The molecule has 0 unspecified atom stereocenters. The maximum atomic E-state index is 13.1. The largest absolute Gasteiger partial charge is 0.480 e. The zero-order valence-electron chi connectivity index (χ0n) is 10.3. The summed E-state index contributed by atoms with van der Waals surface area (Å²) in [6.07, 6.45) is 5.07. The highest BCUT2D eigenvalue weighted by Crippen LogP contribution is 2.14. The minimum Gasteiger partial charge on any atom is -0.480 e. The van der Waals surface area contributed by atoms with E-state index < -0.39 is 18.5 Å². The van der Waals surface area contributed by atoms with Gasteiger partial charge in [-0.05, 0) is 30.7 Å². The predicted octanol–water partition coefficient (Wildman–Crippen LogP) is 1.69. The smallest absolute Gasteiger partial charge is 0.323 e. The molecule has 2 amide bonds. The van der Waals surface area contributed by atoms with Gasteiger partial charge in [0.05, 0.1) is 6.54 Å². The van der Waals surface area contributed by atoms with E-state index in [2.05, 4.69) is 11.2 Å². The Hall–Kier alpha value is -2.55.